The van der Waals surface area contributed by atoms with Crippen LogP contribution < -0.4 is 10.6 Å². The molecule has 0 saturated carbocycles. The first kappa shape index (κ1) is 16.5. The van der Waals surface area contributed by atoms with Crippen LogP contribution in [0.15, 0.2) is 54.6 Å². The SMILES string of the molecule is Cc1ccc(C2(CNC(=O)Nc3ccccc3)CCOCC2)cc1. The van der Waals surface area contributed by atoms with Crippen LogP contribution in [0.5, 0.6) is 0 Å². The fourth-order valence-corrected chi connectivity index (χ4v) is 3.18. The van der Waals surface area contributed by atoms with E-state index in [9.17, 15) is 4.79 Å². The van der Waals surface area contributed by atoms with E-state index in [1.807, 2.05) is 30.3 Å². The van der Waals surface area contributed by atoms with Crippen LogP contribution in [0.4, 0.5) is 10.5 Å². The Hall–Kier alpha value is -2.33. The molecule has 1 fully saturated rings. The lowest BCUT2D eigenvalue weighted by molar-refractivity contribution is 0.0508. The molecule has 2 N–H and O–H groups in total. The molecule has 126 valence electrons. The van der Waals surface area contributed by atoms with Crippen molar-refractivity contribution in [1.29, 1.82) is 0 Å². The number of ether oxygens (including phenoxy) is 1. The number of anilines is 1. The van der Waals surface area contributed by atoms with E-state index in [1.165, 1.54) is 11.1 Å². The maximum Gasteiger partial charge on any atom is 0.319 e. The lowest BCUT2D eigenvalue weighted by atomic mass is 9.74. The number of carbonyl (C=O) groups is 1. The highest BCUT2D eigenvalue weighted by Crippen LogP contribution is 2.34. The van der Waals surface area contributed by atoms with Gasteiger partial charge in [-0.15, -0.1) is 0 Å². The van der Waals surface area contributed by atoms with Gasteiger partial charge in [0.25, 0.3) is 0 Å². The molecule has 1 heterocycles. The number of aryl methyl sites for hydroxylation is 1. The molecule has 0 spiro atoms. The van der Waals surface area contributed by atoms with Crippen molar-refractivity contribution in [3.63, 3.8) is 0 Å². The fraction of sp³-hybridized carbons (Fsp3) is 0.350. The van der Waals surface area contributed by atoms with Gasteiger partial charge < -0.3 is 15.4 Å². The maximum atomic E-state index is 12.2. The molecule has 0 unspecified atom stereocenters. The summed E-state index contributed by atoms with van der Waals surface area (Å²) in [4.78, 5) is 12.2. The highest BCUT2D eigenvalue weighted by atomic mass is 16.5. The molecular formula is C20H24N2O2. The molecule has 0 aromatic heterocycles. The van der Waals surface area contributed by atoms with Crippen LogP contribution in [0.1, 0.15) is 24.0 Å². The minimum Gasteiger partial charge on any atom is -0.381 e. The van der Waals surface area contributed by atoms with Crippen LogP contribution in [0, 0.1) is 6.92 Å². The standard InChI is InChI=1S/C20H24N2O2/c1-16-7-9-17(10-8-16)20(11-13-24-14-12-20)15-21-19(23)22-18-5-3-2-4-6-18/h2-10H,11-15H2,1H3,(H2,21,22,23). The van der Waals surface area contributed by atoms with Crippen molar-refractivity contribution in [2.24, 2.45) is 0 Å². The van der Waals surface area contributed by atoms with Gasteiger partial charge in [-0.3, -0.25) is 0 Å². The highest BCUT2D eigenvalue weighted by Gasteiger charge is 2.34. The Bertz CT molecular complexity index is 662. The van der Waals surface area contributed by atoms with Crippen LogP contribution >= 0.6 is 0 Å². The molecule has 1 aliphatic rings. The summed E-state index contributed by atoms with van der Waals surface area (Å²) in [6.45, 7) is 4.16. The Morgan fingerprint density at radius 3 is 2.38 bits per heavy atom. The molecule has 24 heavy (non-hydrogen) atoms. The molecule has 1 aliphatic heterocycles. The molecular weight excluding hydrogens is 300 g/mol. The van der Waals surface area contributed by atoms with Crippen molar-refractivity contribution in [1.82, 2.24) is 5.32 Å². The second-order valence-electron chi connectivity index (χ2n) is 6.43. The number of hydrogen-bond donors (Lipinski definition) is 2. The van der Waals surface area contributed by atoms with Gasteiger partial charge in [0.1, 0.15) is 0 Å². The summed E-state index contributed by atoms with van der Waals surface area (Å²) in [6.07, 6.45) is 1.84. The molecule has 4 nitrogen and oxygen atoms in total. The van der Waals surface area contributed by atoms with E-state index in [0.29, 0.717) is 6.54 Å². The van der Waals surface area contributed by atoms with E-state index in [2.05, 4.69) is 41.8 Å². The first-order chi connectivity index (χ1) is 11.7. The lowest BCUT2D eigenvalue weighted by Crippen LogP contribution is -2.45. The second-order valence-corrected chi connectivity index (χ2v) is 6.43. The largest absolute Gasteiger partial charge is 0.381 e. The normalized spacial score (nSPS) is 16.4. The number of hydrogen-bond acceptors (Lipinski definition) is 2. The topological polar surface area (TPSA) is 50.4 Å². The molecule has 2 amide bonds. The Balaban J connectivity index is 1.68. The van der Waals surface area contributed by atoms with Gasteiger partial charge in [-0.1, -0.05) is 48.0 Å². The van der Waals surface area contributed by atoms with Gasteiger partial charge in [-0.25, -0.2) is 4.79 Å². The molecule has 0 radical (unpaired) electrons. The summed E-state index contributed by atoms with van der Waals surface area (Å²) in [7, 11) is 0. The summed E-state index contributed by atoms with van der Waals surface area (Å²) in [5, 5.41) is 5.93. The minimum absolute atomic E-state index is 0.0556. The number of urea groups is 1. The molecule has 3 rings (SSSR count). The first-order valence-corrected chi connectivity index (χ1v) is 8.43. The molecule has 4 heteroatoms. The molecule has 0 aliphatic carbocycles. The van der Waals surface area contributed by atoms with Crippen LogP contribution in [-0.4, -0.2) is 25.8 Å². The van der Waals surface area contributed by atoms with E-state index in [1.54, 1.807) is 0 Å². The van der Waals surface area contributed by atoms with Gasteiger partial charge in [-0.05, 0) is 37.5 Å². The van der Waals surface area contributed by atoms with Crippen molar-refractivity contribution < 1.29 is 9.53 Å². The van der Waals surface area contributed by atoms with E-state index in [4.69, 9.17) is 4.74 Å². The summed E-state index contributed by atoms with van der Waals surface area (Å²) >= 11 is 0. The zero-order valence-corrected chi connectivity index (χ0v) is 14.0. The number of benzene rings is 2. The first-order valence-electron chi connectivity index (χ1n) is 8.43. The van der Waals surface area contributed by atoms with Gasteiger partial charge in [0, 0.05) is 30.9 Å². The molecule has 1 saturated heterocycles. The third-order valence-electron chi connectivity index (χ3n) is 4.73. The van der Waals surface area contributed by atoms with Crippen molar-refractivity contribution in [3.05, 3.63) is 65.7 Å². The number of carbonyl (C=O) groups excluding carboxylic acids is 1. The fourth-order valence-electron chi connectivity index (χ4n) is 3.18. The maximum absolute atomic E-state index is 12.2. The Morgan fingerprint density at radius 2 is 1.71 bits per heavy atom. The Morgan fingerprint density at radius 1 is 1.04 bits per heavy atom. The average Bonchev–Trinajstić information content (AvgIpc) is 2.62. The second kappa shape index (κ2) is 7.49. The van der Waals surface area contributed by atoms with Crippen molar-refractivity contribution in [2.75, 3.05) is 25.1 Å². The van der Waals surface area contributed by atoms with Crippen LogP contribution in [-0.2, 0) is 10.2 Å². The monoisotopic (exact) mass is 324 g/mol. The van der Waals surface area contributed by atoms with Gasteiger partial charge in [0.2, 0.25) is 0 Å². The van der Waals surface area contributed by atoms with Crippen LogP contribution in [0.3, 0.4) is 0 Å². The smallest absolute Gasteiger partial charge is 0.319 e. The summed E-state index contributed by atoms with van der Waals surface area (Å²) < 4.78 is 5.54. The van der Waals surface area contributed by atoms with Gasteiger partial charge in [0.15, 0.2) is 0 Å². The van der Waals surface area contributed by atoms with Crippen LogP contribution in [0.2, 0.25) is 0 Å². The molecule has 2 aromatic carbocycles. The minimum atomic E-state index is -0.167. The number of amides is 2. The van der Waals surface area contributed by atoms with Gasteiger partial charge in [-0.2, -0.15) is 0 Å². The van der Waals surface area contributed by atoms with Gasteiger partial charge >= 0.3 is 6.03 Å². The molecule has 2 aromatic rings. The predicted octanol–water partition coefficient (Wildman–Crippen LogP) is 3.86. The Labute approximate surface area is 143 Å². The van der Waals surface area contributed by atoms with Crippen LogP contribution in [0.25, 0.3) is 0 Å². The van der Waals surface area contributed by atoms with E-state index in [-0.39, 0.29) is 11.4 Å². The number of rotatable bonds is 4. The average molecular weight is 324 g/mol. The summed E-state index contributed by atoms with van der Waals surface area (Å²) in [5.74, 6) is 0. The summed E-state index contributed by atoms with van der Waals surface area (Å²) in [5.41, 5.74) is 3.26. The van der Waals surface area contributed by atoms with Crippen molar-refractivity contribution >= 4 is 11.7 Å². The molecule has 0 atom stereocenters. The van der Waals surface area contributed by atoms with E-state index >= 15 is 0 Å². The highest BCUT2D eigenvalue weighted by molar-refractivity contribution is 5.89. The number of para-hydroxylation sites is 1. The van der Waals surface area contributed by atoms with E-state index in [0.717, 1.165) is 31.7 Å². The zero-order chi connectivity index (χ0) is 16.8. The summed E-state index contributed by atoms with van der Waals surface area (Å²) in [6, 6.07) is 18.0. The van der Waals surface area contributed by atoms with Crippen molar-refractivity contribution in [3.8, 4) is 0 Å². The Kier molecular flexibility index (Phi) is 5.16. The van der Waals surface area contributed by atoms with Gasteiger partial charge in [0.05, 0.1) is 0 Å². The lowest BCUT2D eigenvalue weighted by Gasteiger charge is -2.38. The third-order valence-corrected chi connectivity index (χ3v) is 4.73. The number of nitrogens with one attached hydrogen (secondary N) is 2. The third kappa shape index (κ3) is 3.95. The predicted molar refractivity (Wildman–Crippen MR) is 96.4 cm³/mol. The zero-order valence-electron chi connectivity index (χ0n) is 14.0. The van der Waals surface area contributed by atoms with Crippen molar-refractivity contribution in [2.45, 2.75) is 25.2 Å². The quantitative estimate of drug-likeness (QED) is 0.897. The van der Waals surface area contributed by atoms with E-state index < -0.39 is 0 Å². The molecule has 0 bridgehead atoms.